The standard InChI is InChI=1S/C17H29N3/c1-13(2)14-6-9-20(10-7-14)16-5-8-17(11-16,12-18)19-15-3-4-15/h13-16,19H,3-11H2,1-2H3. The molecule has 0 aromatic heterocycles. The molecule has 0 bridgehead atoms. The molecule has 1 N–H and O–H groups in total. The van der Waals surface area contributed by atoms with Gasteiger partial charge in [0.15, 0.2) is 0 Å². The fourth-order valence-corrected chi connectivity index (χ4v) is 4.17. The summed E-state index contributed by atoms with van der Waals surface area (Å²) < 4.78 is 0. The molecule has 0 radical (unpaired) electrons. The number of hydrogen-bond donors (Lipinski definition) is 1. The average molecular weight is 275 g/mol. The van der Waals surface area contributed by atoms with Gasteiger partial charge in [0.05, 0.1) is 6.07 Å². The molecule has 1 aliphatic heterocycles. The first kappa shape index (κ1) is 14.4. The molecular weight excluding hydrogens is 246 g/mol. The fraction of sp³-hybridized carbons (Fsp3) is 0.941. The number of nitriles is 1. The van der Waals surface area contributed by atoms with Crippen molar-refractivity contribution in [2.24, 2.45) is 11.8 Å². The topological polar surface area (TPSA) is 39.1 Å². The van der Waals surface area contributed by atoms with Gasteiger partial charge < -0.3 is 4.90 Å². The van der Waals surface area contributed by atoms with Gasteiger partial charge in [-0.3, -0.25) is 5.32 Å². The third-order valence-corrected chi connectivity index (χ3v) is 5.79. The van der Waals surface area contributed by atoms with Crippen molar-refractivity contribution in [1.82, 2.24) is 10.2 Å². The van der Waals surface area contributed by atoms with Crippen LogP contribution in [0.1, 0.15) is 58.8 Å². The lowest BCUT2D eigenvalue weighted by molar-refractivity contribution is 0.113. The summed E-state index contributed by atoms with van der Waals surface area (Å²) in [5.41, 5.74) is -0.208. The lowest BCUT2D eigenvalue weighted by atomic mass is 9.86. The summed E-state index contributed by atoms with van der Waals surface area (Å²) in [5.74, 6) is 1.74. The van der Waals surface area contributed by atoms with Crippen molar-refractivity contribution in [1.29, 1.82) is 5.26 Å². The summed E-state index contributed by atoms with van der Waals surface area (Å²) in [6.45, 7) is 7.21. The lowest BCUT2D eigenvalue weighted by Gasteiger charge is -2.38. The van der Waals surface area contributed by atoms with Crippen LogP contribution in [0.15, 0.2) is 0 Å². The summed E-state index contributed by atoms with van der Waals surface area (Å²) >= 11 is 0. The van der Waals surface area contributed by atoms with Crippen molar-refractivity contribution in [3.05, 3.63) is 0 Å². The van der Waals surface area contributed by atoms with Gasteiger partial charge in [0.25, 0.3) is 0 Å². The lowest BCUT2D eigenvalue weighted by Crippen LogP contribution is -2.46. The Hall–Kier alpha value is -0.590. The van der Waals surface area contributed by atoms with Crippen LogP contribution >= 0.6 is 0 Å². The van der Waals surface area contributed by atoms with E-state index >= 15 is 0 Å². The molecule has 1 saturated heterocycles. The van der Waals surface area contributed by atoms with E-state index in [9.17, 15) is 5.26 Å². The number of nitrogens with zero attached hydrogens (tertiary/aromatic N) is 2. The highest BCUT2D eigenvalue weighted by Gasteiger charge is 2.44. The monoisotopic (exact) mass is 275 g/mol. The van der Waals surface area contributed by atoms with E-state index in [4.69, 9.17) is 0 Å². The highest BCUT2D eigenvalue weighted by Crippen LogP contribution is 2.37. The highest BCUT2D eigenvalue weighted by molar-refractivity contribution is 5.15. The van der Waals surface area contributed by atoms with Gasteiger partial charge in [0.1, 0.15) is 5.54 Å². The molecule has 3 nitrogen and oxygen atoms in total. The van der Waals surface area contributed by atoms with Gasteiger partial charge in [-0.1, -0.05) is 13.8 Å². The van der Waals surface area contributed by atoms with E-state index in [1.54, 1.807) is 0 Å². The molecule has 112 valence electrons. The van der Waals surface area contributed by atoms with E-state index in [-0.39, 0.29) is 5.54 Å². The van der Waals surface area contributed by atoms with E-state index < -0.39 is 0 Å². The smallest absolute Gasteiger partial charge is 0.108 e. The van der Waals surface area contributed by atoms with Crippen LogP contribution in [0.3, 0.4) is 0 Å². The molecule has 1 heterocycles. The number of nitrogens with one attached hydrogen (secondary N) is 1. The van der Waals surface area contributed by atoms with Gasteiger partial charge in [-0.25, -0.2) is 0 Å². The highest BCUT2D eigenvalue weighted by atomic mass is 15.2. The van der Waals surface area contributed by atoms with Gasteiger partial charge in [-0.05, 0) is 69.9 Å². The normalized spacial score (nSPS) is 36.4. The van der Waals surface area contributed by atoms with Gasteiger partial charge in [0.2, 0.25) is 0 Å². The van der Waals surface area contributed by atoms with Crippen LogP contribution < -0.4 is 5.32 Å². The molecule has 2 aliphatic carbocycles. The Morgan fingerprint density at radius 3 is 2.40 bits per heavy atom. The number of likely N-dealkylation sites (tertiary alicyclic amines) is 1. The fourth-order valence-electron chi connectivity index (χ4n) is 4.17. The second kappa shape index (κ2) is 5.66. The van der Waals surface area contributed by atoms with Crippen LogP contribution in [0.2, 0.25) is 0 Å². The van der Waals surface area contributed by atoms with E-state index in [1.807, 2.05) is 0 Å². The van der Waals surface area contributed by atoms with Crippen LogP contribution in [0.4, 0.5) is 0 Å². The Labute approximate surface area is 123 Å². The van der Waals surface area contributed by atoms with Crippen molar-refractivity contribution in [3.8, 4) is 6.07 Å². The van der Waals surface area contributed by atoms with Crippen LogP contribution in [-0.2, 0) is 0 Å². The first-order valence-electron chi connectivity index (χ1n) is 8.55. The zero-order chi connectivity index (χ0) is 14.2. The van der Waals surface area contributed by atoms with E-state index in [0.29, 0.717) is 12.1 Å². The Balaban J connectivity index is 1.53. The van der Waals surface area contributed by atoms with E-state index in [1.165, 1.54) is 45.2 Å². The van der Waals surface area contributed by atoms with E-state index in [2.05, 4.69) is 30.1 Å². The van der Waals surface area contributed by atoms with Crippen LogP contribution in [-0.4, -0.2) is 35.6 Å². The van der Waals surface area contributed by atoms with Crippen molar-refractivity contribution in [3.63, 3.8) is 0 Å². The molecule has 2 atom stereocenters. The minimum absolute atomic E-state index is 0.208. The molecule has 3 rings (SSSR count). The summed E-state index contributed by atoms with van der Waals surface area (Å²) in [5, 5.41) is 13.2. The molecule has 3 fully saturated rings. The maximum Gasteiger partial charge on any atom is 0.108 e. The van der Waals surface area contributed by atoms with Crippen molar-refractivity contribution >= 4 is 0 Å². The molecule has 3 heteroatoms. The van der Waals surface area contributed by atoms with Gasteiger partial charge in [-0.15, -0.1) is 0 Å². The van der Waals surface area contributed by atoms with Crippen LogP contribution in [0.5, 0.6) is 0 Å². The third-order valence-electron chi connectivity index (χ3n) is 5.79. The average Bonchev–Trinajstić information content (AvgIpc) is 3.16. The first-order valence-corrected chi connectivity index (χ1v) is 8.55. The molecule has 2 saturated carbocycles. The quantitative estimate of drug-likeness (QED) is 0.857. The molecule has 3 aliphatic rings. The second-order valence-corrected chi connectivity index (χ2v) is 7.63. The van der Waals surface area contributed by atoms with Crippen molar-refractivity contribution in [2.45, 2.75) is 76.4 Å². The van der Waals surface area contributed by atoms with Crippen LogP contribution in [0.25, 0.3) is 0 Å². The van der Waals surface area contributed by atoms with Gasteiger partial charge >= 0.3 is 0 Å². The number of rotatable bonds is 4. The Kier molecular flexibility index (Phi) is 4.06. The molecule has 0 spiro atoms. The zero-order valence-electron chi connectivity index (χ0n) is 13.1. The Bertz CT molecular complexity index is 374. The summed E-state index contributed by atoms with van der Waals surface area (Å²) in [6.07, 6.45) is 8.55. The maximum atomic E-state index is 9.59. The Morgan fingerprint density at radius 2 is 1.85 bits per heavy atom. The molecule has 0 amide bonds. The largest absolute Gasteiger partial charge is 0.300 e. The molecule has 2 unspecified atom stereocenters. The number of hydrogen-bond acceptors (Lipinski definition) is 3. The third kappa shape index (κ3) is 3.02. The predicted octanol–water partition coefficient (Wildman–Crippen LogP) is 2.92. The second-order valence-electron chi connectivity index (χ2n) is 7.63. The first-order chi connectivity index (χ1) is 9.62. The van der Waals surface area contributed by atoms with Crippen molar-refractivity contribution < 1.29 is 0 Å². The predicted molar refractivity (Wildman–Crippen MR) is 81.3 cm³/mol. The van der Waals surface area contributed by atoms with Crippen LogP contribution in [0, 0.1) is 23.2 Å². The maximum absolute atomic E-state index is 9.59. The van der Waals surface area contributed by atoms with Crippen molar-refractivity contribution in [2.75, 3.05) is 13.1 Å². The van der Waals surface area contributed by atoms with E-state index in [0.717, 1.165) is 24.7 Å². The SMILES string of the molecule is CC(C)C1CCN(C2CCC(C#N)(NC3CC3)C2)CC1. The molecule has 0 aromatic carbocycles. The molecule has 0 aromatic rings. The summed E-state index contributed by atoms with van der Waals surface area (Å²) in [7, 11) is 0. The van der Waals surface area contributed by atoms with Gasteiger partial charge in [-0.2, -0.15) is 5.26 Å². The summed E-state index contributed by atoms with van der Waals surface area (Å²) in [6, 6.07) is 3.89. The summed E-state index contributed by atoms with van der Waals surface area (Å²) in [4.78, 5) is 2.67. The van der Waals surface area contributed by atoms with Gasteiger partial charge in [0, 0.05) is 12.1 Å². The number of piperidine rings is 1. The zero-order valence-corrected chi connectivity index (χ0v) is 13.1. The molecular formula is C17H29N3. The Morgan fingerprint density at radius 1 is 1.15 bits per heavy atom. The molecule has 20 heavy (non-hydrogen) atoms. The minimum Gasteiger partial charge on any atom is -0.300 e. The minimum atomic E-state index is -0.208.